The first-order chi connectivity index (χ1) is 33.3. The van der Waals surface area contributed by atoms with E-state index < -0.39 is 49.4 Å². The summed E-state index contributed by atoms with van der Waals surface area (Å²) in [5.74, 6) is -0.800. The number of hydrogen-bond acceptors (Lipinski definition) is 10. The molecule has 1 aliphatic heterocycles. The maximum atomic E-state index is 12.9. The van der Waals surface area contributed by atoms with E-state index in [1.807, 2.05) is 0 Å². The summed E-state index contributed by atoms with van der Waals surface area (Å²) in [6, 6.07) is 0. The van der Waals surface area contributed by atoms with Gasteiger partial charge in [-0.3, -0.25) is 9.59 Å². The third kappa shape index (κ3) is 38.4. The van der Waals surface area contributed by atoms with E-state index in [1.165, 1.54) is 148 Å². The van der Waals surface area contributed by atoms with E-state index >= 15 is 0 Å². The fourth-order valence-electron chi connectivity index (χ4n) is 8.59. The van der Waals surface area contributed by atoms with E-state index in [4.69, 9.17) is 18.9 Å². The van der Waals surface area contributed by atoms with Gasteiger partial charge in [0.05, 0.1) is 13.2 Å². The van der Waals surface area contributed by atoms with Crippen LogP contribution in [0.25, 0.3) is 0 Å². The Kier molecular flexibility index (Phi) is 45.2. The largest absolute Gasteiger partial charge is 0.462 e. The maximum Gasteiger partial charge on any atom is 0.306 e. The Balaban J connectivity index is 2.21. The first kappa shape index (κ1) is 63.7. The third-order valence-electron chi connectivity index (χ3n) is 13.0. The van der Waals surface area contributed by atoms with Crippen molar-refractivity contribution in [2.45, 2.75) is 288 Å². The smallest absolute Gasteiger partial charge is 0.306 e. The van der Waals surface area contributed by atoms with Crippen LogP contribution >= 0.6 is 0 Å². The minimum atomic E-state index is -1.60. The van der Waals surface area contributed by atoms with Crippen molar-refractivity contribution in [3.63, 3.8) is 0 Å². The predicted molar refractivity (Wildman–Crippen MR) is 279 cm³/mol. The normalized spacial score (nSPS) is 19.3. The lowest BCUT2D eigenvalue weighted by molar-refractivity contribution is -0.305. The molecule has 0 aromatic carbocycles. The van der Waals surface area contributed by atoms with Gasteiger partial charge in [0.25, 0.3) is 0 Å². The summed E-state index contributed by atoms with van der Waals surface area (Å²) in [5, 5.41) is 40.3. The number of aliphatic hydroxyl groups excluding tert-OH is 4. The molecule has 6 atom stereocenters. The lowest BCUT2D eigenvalue weighted by atomic mass is 9.99. The van der Waals surface area contributed by atoms with Crippen LogP contribution in [0.3, 0.4) is 0 Å². The highest BCUT2D eigenvalue weighted by molar-refractivity contribution is 5.70. The van der Waals surface area contributed by atoms with Crippen molar-refractivity contribution in [1.82, 2.24) is 0 Å². The average molecular weight is 961 g/mol. The molecule has 0 radical (unpaired) electrons. The summed E-state index contributed by atoms with van der Waals surface area (Å²) in [5.41, 5.74) is 0. The molecule has 0 amide bonds. The molecule has 1 rings (SSSR count). The van der Waals surface area contributed by atoms with Gasteiger partial charge in [-0.25, -0.2) is 0 Å². The van der Waals surface area contributed by atoms with E-state index in [-0.39, 0.29) is 32.0 Å². The fraction of sp³-hybridized carbons (Fsp3) is 0.828. The van der Waals surface area contributed by atoms with Crippen molar-refractivity contribution < 1.29 is 49.0 Å². The minimum Gasteiger partial charge on any atom is -0.462 e. The van der Waals surface area contributed by atoms with Crippen LogP contribution in [0.5, 0.6) is 0 Å². The monoisotopic (exact) mass is 961 g/mol. The van der Waals surface area contributed by atoms with Gasteiger partial charge in [-0.05, 0) is 51.4 Å². The van der Waals surface area contributed by atoms with Crippen LogP contribution in [0.15, 0.2) is 48.6 Å². The molecule has 0 aliphatic carbocycles. The topological polar surface area (TPSA) is 152 Å². The molecule has 1 aliphatic rings. The van der Waals surface area contributed by atoms with Gasteiger partial charge >= 0.3 is 11.9 Å². The highest BCUT2D eigenvalue weighted by Gasteiger charge is 2.44. The van der Waals surface area contributed by atoms with Gasteiger partial charge in [-0.1, -0.05) is 236 Å². The van der Waals surface area contributed by atoms with E-state index in [9.17, 15) is 30.0 Å². The highest BCUT2D eigenvalue weighted by atomic mass is 16.7. The molecule has 10 nitrogen and oxygen atoms in total. The molecular formula is C58H104O10. The van der Waals surface area contributed by atoms with Gasteiger partial charge in [0.1, 0.15) is 31.0 Å². The zero-order chi connectivity index (χ0) is 49.4. The zero-order valence-corrected chi connectivity index (χ0v) is 43.6. The van der Waals surface area contributed by atoms with Crippen LogP contribution in [0.4, 0.5) is 0 Å². The van der Waals surface area contributed by atoms with Crippen molar-refractivity contribution in [2.75, 3.05) is 19.8 Å². The van der Waals surface area contributed by atoms with Crippen LogP contribution in [0, 0.1) is 0 Å². The standard InChI is InChI=1S/C58H104O10/c1-3-5-7-9-11-13-15-17-19-21-23-25-26-27-29-31-33-35-37-39-41-43-45-47-54(61)67-51(50-66-58-57(64)56(63)55(62)52(48-59)68-58)49-65-53(60)46-44-42-40-38-36-34-32-30-28-24-22-20-18-16-14-12-10-8-6-4-2/h5,7,11,13,17,19,23,25,51-52,55-59,62-64H,3-4,6,8-10,12,14-16,18,20-22,24,26-50H2,1-2H3/b7-5-,13-11-,19-17-,25-23-. The Morgan fingerprint density at radius 1 is 0.471 bits per heavy atom. The Bertz CT molecular complexity index is 1250. The van der Waals surface area contributed by atoms with Crippen molar-refractivity contribution in [3.05, 3.63) is 48.6 Å². The number of allylic oxidation sites excluding steroid dienone is 8. The molecule has 0 bridgehead atoms. The third-order valence-corrected chi connectivity index (χ3v) is 13.0. The molecule has 0 aromatic heterocycles. The molecule has 1 saturated heterocycles. The van der Waals surface area contributed by atoms with Crippen LogP contribution in [0.1, 0.15) is 251 Å². The summed E-state index contributed by atoms with van der Waals surface area (Å²) in [6.45, 7) is 3.35. The Hall–Kier alpha value is -2.34. The summed E-state index contributed by atoms with van der Waals surface area (Å²) in [6.07, 6.45) is 52.6. The SMILES string of the molecule is CC/C=C\C/C=C\C/C=C\C/C=C\CCCCCCCCCCCCC(=O)OC(COC(=O)CCCCCCCCCCCCCCCCCCCCCC)COC1OC(CO)C(O)C(O)C1O. The van der Waals surface area contributed by atoms with Gasteiger partial charge < -0.3 is 39.4 Å². The van der Waals surface area contributed by atoms with E-state index in [1.54, 1.807) is 0 Å². The first-order valence-corrected chi connectivity index (χ1v) is 28.2. The minimum absolute atomic E-state index is 0.217. The molecule has 6 unspecified atom stereocenters. The maximum absolute atomic E-state index is 12.9. The Morgan fingerprint density at radius 3 is 1.31 bits per heavy atom. The molecule has 0 spiro atoms. The van der Waals surface area contributed by atoms with Crippen molar-refractivity contribution >= 4 is 11.9 Å². The summed E-state index contributed by atoms with van der Waals surface area (Å²) < 4.78 is 22.3. The second kappa shape index (κ2) is 48.3. The van der Waals surface area contributed by atoms with Crippen LogP contribution < -0.4 is 0 Å². The first-order valence-electron chi connectivity index (χ1n) is 28.2. The second-order valence-corrected chi connectivity index (χ2v) is 19.4. The fourth-order valence-corrected chi connectivity index (χ4v) is 8.59. The molecule has 1 heterocycles. The summed E-state index contributed by atoms with van der Waals surface area (Å²) in [7, 11) is 0. The number of ether oxygens (including phenoxy) is 4. The molecule has 396 valence electrons. The number of carbonyl (C=O) groups excluding carboxylic acids is 2. The van der Waals surface area contributed by atoms with Gasteiger partial charge in [0.2, 0.25) is 0 Å². The van der Waals surface area contributed by atoms with Crippen LogP contribution in [-0.2, 0) is 28.5 Å². The van der Waals surface area contributed by atoms with Crippen molar-refractivity contribution in [3.8, 4) is 0 Å². The highest BCUT2D eigenvalue weighted by Crippen LogP contribution is 2.23. The number of carbonyl (C=O) groups is 2. The van der Waals surface area contributed by atoms with Crippen LogP contribution in [-0.4, -0.2) is 89.0 Å². The molecule has 1 fully saturated rings. The molecular weight excluding hydrogens is 857 g/mol. The van der Waals surface area contributed by atoms with E-state index in [0.29, 0.717) is 6.42 Å². The molecule has 10 heteroatoms. The van der Waals surface area contributed by atoms with Gasteiger partial charge in [0, 0.05) is 12.8 Å². The molecule has 68 heavy (non-hydrogen) atoms. The van der Waals surface area contributed by atoms with Crippen LogP contribution in [0.2, 0.25) is 0 Å². The quantitative estimate of drug-likeness (QED) is 0.0263. The Morgan fingerprint density at radius 2 is 0.868 bits per heavy atom. The Labute approximate surface area is 416 Å². The number of aliphatic hydroxyl groups is 4. The summed E-state index contributed by atoms with van der Waals surface area (Å²) in [4.78, 5) is 25.5. The molecule has 4 N–H and O–H groups in total. The zero-order valence-electron chi connectivity index (χ0n) is 43.6. The van der Waals surface area contributed by atoms with Gasteiger partial charge in [-0.15, -0.1) is 0 Å². The lowest BCUT2D eigenvalue weighted by Gasteiger charge is -2.39. The summed E-state index contributed by atoms with van der Waals surface area (Å²) >= 11 is 0. The number of hydrogen-bond donors (Lipinski definition) is 4. The molecule has 0 saturated carbocycles. The number of unbranched alkanes of at least 4 members (excludes halogenated alkanes) is 29. The predicted octanol–water partition coefficient (Wildman–Crippen LogP) is 14.0. The molecule has 0 aromatic rings. The van der Waals surface area contributed by atoms with E-state index in [2.05, 4.69) is 62.5 Å². The van der Waals surface area contributed by atoms with Gasteiger partial charge in [-0.2, -0.15) is 0 Å². The lowest BCUT2D eigenvalue weighted by Crippen LogP contribution is -2.59. The average Bonchev–Trinajstić information content (AvgIpc) is 3.34. The second-order valence-electron chi connectivity index (χ2n) is 19.4. The van der Waals surface area contributed by atoms with Crippen molar-refractivity contribution in [1.29, 1.82) is 0 Å². The van der Waals surface area contributed by atoms with Gasteiger partial charge in [0.15, 0.2) is 12.4 Å². The van der Waals surface area contributed by atoms with Crippen molar-refractivity contribution in [2.24, 2.45) is 0 Å². The number of rotatable bonds is 48. The number of esters is 2. The van der Waals surface area contributed by atoms with E-state index in [0.717, 1.165) is 70.6 Å².